The summed E-state index contributed by atoms with van der Waals surface area (Å²) in [4.78, 5) is 6.98. The van der Waals surface area contributed by atoms with Crippen LogP contribution in [0.4, 0.5) is 5.69 Å². The quantitative estimate of drug-likeness (QED) is 0.907. The predicted molar refractivity (Wildman–Crippen MR) is 84.4 cm³/mol. The highest BCUT2D eigenvalue weighted by molar-refractivity contribution is 6.16. The second-order valence-corrected chi connectivity index (χ2v) is 4.93. The summed E-state index contributed by atoms with van der Waals surface area (Å²) in [5.74, 6) is 0. The molecule has 3 nitrogen and oxygen atoms in total. The molecule has 0 saturated heterocycles. The van der Waals surface area contributed by atoms with Crippen molar-refractivity contribution in [3.63, 3.8) is 0 Å². The first kappa shape index (κ1) is 12.9. The molecule has 0 fully saturated rings. The Morgan fingerprint density at radius 3 is 2.55 bits per heavy atom. The Morgan fingerprint density at radius 2 is 1.80 bits per heavy atom. The standard InChI is InChI=1S/C17H19N3/c1-2-20-15-11-7-6-10-14(15)17(19-12-16(20)18)13-8-4-3-5-9-13/h3-11,16H,2,12,18H2,1H3. The largest absolute Gasteiger partial charge is 0.354 e. The number of benzodiazepines with no additional fused rings is 1. The van der Waals surface area contributed by atoms with Gasteiger partial charge in [0.1, 0.15) is 0 Å². The fraction of sp³-hybridized carbons (Fsp3) is 0.235. The number of likely N-dealkylation sites (N-methyl/N-ethyl adjacent to an activating group) is 1. The molecule has 2 aromatic rings. The minimum atomic E-state index is -0.0673. The number of fused-ring (bicyclic) bond motifs is 1. The minimum Gasteiger partial charge on any atom is -0.354 e. The van der Waals surface area contributed by atoms with Gasteiger partial charge in [-0.3, -0.25) is 4.99 Å². The third kappa shape index (κ3) is 2.21. The molecule has 0 radical (unpaired) electrons. The van der Waals surface area contributed by atoms with Gasteiger partial charge in [0.25, 0.3) is 0 Å². The van der Waals surface area contributed by atoms with Gasteiger partial charge in [-0.1, -0.05) is 48.5 Å². The van der Waals surface area contributed by atoms with Crippen molar-refractivity contribution in [3.05, 3.63) is 65.7 Å². The number of nitrogens with zero attached hydrogens (tertiary/aromatic N) is 2. The molecule has 2 aromatic carbocycles. The Kier molecular flexibility index (Phi) is 3.52. The number of hydrogen-bond acceptors (Lipinski definition) is 3. The third-order valence-corrected chi connectivity index (χ3v) is 3.69. The van der Waals surface area contributed by atoms with Gasteiger partial charge in [-0.15, -0.1) is 0 Å². The molecule has 1 heterocycles. The van der Waals surface area contributed by atoms with Crippen LogP contribution in [-0.2, 0) is 0 Å². The molecule has 102 valence electrons. The van der Waals surface area contributed by atoms with Gasteiger partial charge in [-0.25, -0.2) is 0 Å². The summed E-state index contributed by atoms with van der Waals surface area (Å²) in [5.41, 5.74) is 10.8. The smallest absolute Gasteiger partial charge is 0.0969 e. The second-order valence-electron chi connectivity index (χ2n) is 4.93. The predicted octanol–water partition coefficient (Wildman–Crippen LogP) is 2.65. The SMILES string of the molecule is CCN1c2ccccc2C(c2ccccc2)=NCC1N. The van der Waals surface area contributed by atoms with Crippen molar-refractivity contribution in [2.24, 2.45) is 10.7 Å². The summed E-state index contributed by atoms with van der Waals surface area (Å²) in [7, 11) is 0. The van der Waals surface area contributed by atoms with E-state index in [1.165, 1.54) is 5.69 Å². The highest BCUT2D eigenvalue weighted by Gasteiger charge is 2.22. The van der Waals surface area contributed by atoms with Crippen LogP contribution in [0.5, 0.6) is 0 Å². The van der Waals surface area contributed by atoms with Crippen LogP contribution in [-0.4, -0.2) is 25.0 Å². The van der Waals surface area contributed by atoms with Gasteiger partial charge in [0.05, 0.1) is 18.4 Å². The van der Waals surface area contributed by atoms with Crippen LogP contribution < -0.4 is 10.6 Å². The van der Waals surface area contributed by atoms with Gasteiger partial charge in [0.15, 0.2) is 0 Å². The van der Waals surface area contributed by atoms with Crippen LogP contribution in [0.3, 0.4) is 0 Å². The lowest BCUT2D eigenvalue weighted by Gasteiger charge is -2.28. The molecule has 3 rings (SSSR count). The van der Waals surface area contributed by atoms with E-state index in [0.29, 0.717) is 6.54 Å². The fourth-order valence-corrected chi connectivity index (χ4v) is 2.72. The normalized spacial score (nSPS) is 18.2. The first-order valence-electron chi connectivity index (χ1n) is 7.02. The molecule has 1 unspecified atom stereocenters. The van der Waals surface area contributed by atoms with Crippen molar-refractivity contribution >= 4 is 11.4 Å². The topological polar surface area (TPSA) is 41.6 Å². The molecule has 1 aliphatic rings. The van der Waals surface area contributed by atoms with Crippen molar-refractivity contribution in [1.82, 2.24) is 0 Å². The maximum Gasteiger partial charge on any atom is 0.0969 e. The minimum absolute atomic E-state index is 0.0673. The zero-order chi connectivity index (χ0) is 13.9. The van der Waals surface area contributed by atoms with Gasteiger partial charge < -0.3 is 10.6 Å². The van der Waals surface area contributed by atoms with Gasteiger partial charge >= 0.3 is 0 Å². The highest BCUT2D eigenvalue weighted by Crippen LogP contribution is 2.27. The van der Waals surface area contributed by atoms with Gasteiger partial charge in [0.2, 0.25) is 0 Å². The third-order valence-electron chi connectivity index (χ3n) is 3.69. The number of hydrogen-bond donors (Lipinski definition) is 1. The molecule has 2 N–H and O–H groups in total. The second kappa shape index (κ2) is 5.47. The van der Waals surface area contributed by atoms with Crippen LogP contribution in [0.2, 0.25) is 0 Å². The maximum absolute atomic E-state index is 6.26. The lowest BCUT2D eigenvalue weighted by molar-refractivity contribution is 0.637. The molecule has 1 atom stereocenters. The first-order valence-corrected chi connectivity index (χ1v) is 7.02. The van der Waals surface area contributed by atoms with Crippen molar-refractivity contribution in [3.8, 4) is 0 Å². The summed E-state index contributed by atoms with van der Waals surface area (Å²) >= 11 is 0. The molecular weight excluding hydrogens is 246 g/mol. The summed E-state index contributed by atoms with van der Waals surface area (Å²) in [6.07, 6.45) is -0.0673. The van der Waals surface area contributed by atoms with Crippen LogP contribution >= 0.6 is 0 Å². The van der Waals surface area contributed by atoms with Crippen LogP contribution in [0.1, 0.15) is 18.1 Å². The van der Waals surface area contributed by atoms with E-state index in [2.05, 4.69) is 48.2 Å². The van der Waals surface area contributed by atoms with E-state index < -0.39 is 0 Å². The van der Waals surface area contributed by atoms with Crippen LogP contribution in [0.25, 0.3) is 0 Å². The van der Waals surface area contributed by atoms with Gasteiger partial charge in [0, 0.05) is 23.4 Å². The average Bonchev–Trinajstić information content (AvgIpc) is 2.64. The number of para-hydroxylation sites is 1. The Morgan fingerprint density at radius 1 is 1.10 bits per heavy atom. The highest BCUT2D eigenvalue weighted by atomic mass is 15.2. The lowest BCUT2D eigenvalue weighted by Crippen LogP contribution is -2.43. The monoisotopic (exact) mass is 265 g/mol. The first-order chi connectivity index (χ1) is 9.81. The molecular formula is C17H19N3. The zero-order valence-electron chi connectivity index (χ0n) is 11.7. The van der Waals surface area contributed by atoms with E-state index in [4.69, 9.17) is 10.7 Å². The van der Waals surface area contributed by atoms with Crippen molar-refractivity contribution in [2.45, 2.75) is 13.1 Å². The molecule has 0 amide bonds. The summed E-state index contributed by atoms with van der Waals surface area (Å²) in [6, 6.07) is 18.7. The Labute approximate surface area is 119 Å². The molecule has 0 spiro atoms. The molecule has 0 bridgehead atoms. The molecule has 0 saturated carbocycles. The summed E-state index contributed by atoms with van der Waals surface area (Å²) in [6.45, 7) is 3.63. The van der Waals surface area contributed by atoms with E-state index in [-0.39, 0.29) is 6.17 Å². The van der Waals surface area contributed by atoms with Gasteiger partial charge in [-0.05, 0) is 13.0 Å². The summed E-state index contributed by atoms with van der Waals surface area (Å²) in [5, 5.41) is 0. The van der Waals surface area contributed by atoms with E-state index >= 15 is 0 Å². The Hall–Kier alpha value is -2.13. The Bertz CT molecular complexity index is 619. The average molecular weight is 265 g/mol. The van der Waals surface area contributed by atoms with E-state index in [9.17, 15) is 0 Å². The lowest BCUT2D eigenvalue weighted by atomic mass is 10.0. The molecule has 3 heteroatoms. The Balaban J connectivity index is 2.16. The molecule has 0 aromatic heterocycles. The van der Waals surface area contributed by atoms with E-state index in [0.717, 1.165) is 23.4 Å². The number of rotatable bonds is 2. The molecule has 20 heavy (non-hydrogen) atoms. The number of nitrogens with two attached hydrogens (primary N) is 1. The number of aliphatic imine (C=N–C) groups is 1. The van der Waals surface area contributed by atoms with Crippen molar-refractivity contribution < 1.29 is 0 Å². The maximum atomic E-state index is 6.26. The van der Waals surface area contributed by atoms with Gasteiger partial charge in [-0.2, -0.15) is 0 Å². The molecule has 1 aliphatic heterocycles. The van der Waals surface area contributed by atoms with Crippen LogP contribution in [0.15, 0.2) is 59.6 Å². The number of benzene rings is 2. The van der Waals surface area contributed by atoms with Crippen molar-refractivity contribution in [2.75, 3.05) is 18.0 Å². The number of anilines is 1. The van der Waals surface area contributed by atoms with E-state index in [1.807, 2.05) is 18.2 Å². The molecule has 0 aliphatic carbocycles. The van der Waals surface area contributed by atoms with Crippen molar-refractivity contribution in [1.29, 1.82) is 0 Å². The van der Waals surface area contributed by atoms with Crippen LogP contribution in [0, 0.1) is 0 Å². The summed E-state index contributed by atoms with van der Waals surface area (Å²) < 4.78 is 0. The zero-order valence-corrected chi connectivity index (χ0v) is 11.7. The fourth-order valence-electron chi connectivity index (χ4n) is 2.72. The van der Waals surface area contributed by atoms with E-state index in [1.54, 1.807) is 0 Å².